The van der Waals surface area contributed by atoms with Crippen molar-refractivity contribution in [3.63, 3.8) is 0 Å². The van der Waals surface area contributed by atoms with Gasteiger partial charge in [-0.3, -0.25) is 29.4 Å². The van der Waals surface area contributed by atoms with E-state index in [1.165, 1.54) is 0 Å². The number of rotatable bonds is 5. The third kappa shape index (κ3) is 2.63. The first kappa shape index (κ1) is 20.1. The molecule has 0 aliphatic carbocycles. The van der Waals surface area contributed by atoms with E-state index in [2.05, 4.69) is 0 Å². The number of carbonyl (C=O) groups is 5. The summed E-state index contributed by atoms with van der Waals surface area (Å²) in [6, 6.07) is -1.02. The molecular formula is C15H20N2O9. The zero-order valence-electron chi connectivity index (χ0n) is 14.4. The molecule has 0 radical (unpaired) electrons. The molecule has 4 N–H and O–H groups in total. The summed E-state index contributed by atoms with van der Waals surface area (Å²) < 4.78 is 5.32. The van der Waals surface area contributed by atoms with Crippen molar-refractivity contribution in [3.05, 3.63) is 0 Å². The minimum absolute atomic E-state index is 0.183. The Morgan fingerprint density at radius 3 is 2.12 bits per heavy atom. The summed E-state index contributed by atoms with van der Waals surface area (Å²) in [6.07, 6.45) is -6.13. The molecule has 2 saturated heterocycles. The van der Waals surface area contributed by atoms with Gasteiger partial charge in [-0.1, -0.05) is 0 Å². The summed E-state index contributed by atoms with van der Waals surface area (Å²) >= 11 is 0. The molecule has 0 bridgehead atoms. The first-order valence-corrected chi connectivity index (χ1v) is 7.80. The van der Waals surface area contributed by atoms with E-state index in [0.29, 0.717) is 0 Å². The molecule has 5 atom stereocenters. The summed E-state index contributed by atoms with van der Waals surface area (Å²) in [7, 11) is 0. The minimum atomic E-state index is -2.99. The largest absolute Gasteiger partial charge is 0.382 e. The topological polar surface area (TPSA) is 171 Å². The first-order valence-electron chi connectivity index (χ1n) is 7.80. The monoisotopic (exact) mass is 372 g/mol. The number of amides is 3. The van der Waals surface area contributed by atoms with Crippen LogP contribution >= 0.6 is 0 Å². The molecule has 3 amide bonds. The van der Waals surface area contributed by atoms with Gasteiger partial charge in [0.15, 0.2) is 29.2 Å². The zero-order valence-corrected chi connectivity index (χ0v) is 14.4. The molecule has 144 valence electrons. The van der Waals surface area contributed by atoms with E-state index in [-0.39, 0.29) is 13.0 Å². The van der Waals surface area contributed by atoms with Crippen LogP contribution in [0.4, 0.5) is 4.79 Å². The van der Waals surface area contributed by atoms with Crippen LogP contribution in [0, 0.1) is 0 Å². The van der Waals surface area contributed by atoms with Crippen molar-refractivity contribution < 1.29 is 44.0 Å². The predicted octanol–water partition coefficient (Wildman–Crippen LogP) is -2.76. The number of aliphatic hydroxyl groups is 3. The van der Waals surface area contributed by atoms with Gasteiger partial charge >= 0.3 is 6.03 Å². The van der Waals surface area contributed by atoms with Crippen molar-refractivity contribution in [2.24, 2.45) is 0 Å². The van der Waals surface area contributed by atoms with Gasteiger partial charge in [0.25, 0.3) is 0 Å². The number of nitrogens with one attached hydrogen (secondary N) is 1. The highest BCUT2D eigenvalue weighted by Crippen LogP contribution is 2.44. The average molecular weight is 372 g/mol. The molecule has 2 fully saturated rings. The van der Waals surface area contributed by atoms with E-state index in [1.807, 2.05) is 5.32 Å². The molecule has 0 aromatic heterocycles. The number of ether oxygens (including phenoxy) is 1. The fraction of sp³-hybridized carbons (Fsp3) is 0.667. The van der Waals surface area contributed by atoms with Gasteiger partial charge in [-0.05, 0) is 20.8 Å². The highest BCUT2D eigenvalue weighted by atomic mass is 16.6. The number of hydrogen-bond acceptors (Lipinski definition) is 9. The van der Waals surface area contributed by atoms with Gasteiger partial charge in [0.2, 0.25) is 11.5 Å². The molecule has 2 aliphatic rings. The van der Waals surface area contributed by atoms with Crippen molar-refractivity contribution in [2.75, 3.05) is 6.54 Å². The zero-order chi connectivity index (χ0) is 20.0. The second-order valence-electron chi connectivity index (χ2n) is 6.41. The van der Waals surface area contributed by atoms with Gasteiger partial charge < -0.3 is 20.1 Å². The second kappa shape index (κ2) is 6.50. The number of nitrogens with zero attached hydrogens (tertiary/aromatic N) is 1. The van der Waals surface area contributed by atoms with Crippen LogP contribution in [0.15, 0.2) is 0 Å². The maximum Gasteiger partial charge on any atom is 0.326 e. The van der Waals surface area contributed by atoms with Gasteiger partial charge in [0.1, 0.15) is 12.2 Å². The summed E-state index contributed by atoms with van der Waals surface area (Å²) in [5, 5.41) is 33.9. The van der Waals surface area contributed by atoms with E-state index in [0.717, 1.165) is 25.7 Å². The standard InChI is InChI=1S/C15H20N2O9/c1-6(18)10(22)11-14(24,7(2)19)15(25,8(3)20)12(26-11)17-5-4-9(21)16-13(17)23/h10-12,22,24-25H,4-5H2,1-3H3,(H,16,21,23). The van der Waals surface area contributed by atoms with Crippen LogP contribution in [0.25, 0.3) is 0 Å². The lowest BCUT2D eigenvalue weighted by molar-refractivity contribution is -0.185. The maximum absolute atomic E-state index is 12.2. The SMILES string of the molecule is CC(=O)C(O)C1OC(N2CCC(=O)NC2=O)C(O)(C(C)=O)C1(O)C(C)=O. The Hall–Kier alpha value is -2.21. The van der Waals surface area contributed by atoms with Gasteiger partial charge in [-0.15, -0.1) is 0 Å². The van der Waals surface area contributed by atoms with Gasteiger partial charge in [-0.2, -0.15) is 0 Å². The van der Waals surface area contributed by atoms with Crippen molar-refractivity contribution in [2.45, 2.75) is 56.8 Å². The van der Waals surface area contributed by atoms with Gasteiger partial charge in [0.05, 0.1) is 0 Å². The quantitative estimate of drug-likeness (QED) is 0.399. The number of ketones is 3. The van der Waals surface area contributed by atoms with Crippen molar-refractivity contribution in [1.29, 1.82) is 0 Å². The Morgan fingerprint density at radius 1 is 1.15 bits per heavy atom. The molecule has 0 saturated carbocycles. The van der Waals surface area contributed by atoms with Gasteiger partial charge in [0, 0.05) is 13.0 Å². The van der Waals surface area contributed by atoms with E-state index in [1.54, 1.807) is 0 Å². The van der Waals surface area contributed by atoms with Crippen molar-refractivity contribution >= 4 is 29.3 Å². The highest BCUT2D eigenvalue weighted by Gasteiger charge is 2.74. The van der Waals surface area contributed by atoms with E-state index < -0.39 is 58.9 Å². The summed E-state index contributed by atoms with van der Waals surface area (Å²) in [4.78, 5) is 60.1. The lowest BCUT2D eigenvalue weighted by Crippen LogP contribution is -2.71. The molecule has 11 nitrogen and oxygen atoms in total. The van der Waals surface area contributed by atoms with Crippen LogP contribution in [-0.2, 0) is 23.9 Å². The van der Waals surface area contributed by atoms with Crippen LogP contribution in [0.5, 0.6) is 0 Å². The first-order chi connectivity index (χ1) is 11.9. The molecule has 2 heterocycles. The Morgan fingerprint density at radius 2 is 1.69 bits per heavy atom. The highest BCUT2D eigenvalue weighted by molar-refractivity contribution is 6.01. The molecule has 11 heteroatoms. The van der Waals surface area contributed by atoms with Crippen LogP contribution in [0.2, 0.25) is 0 Å². The molecule has 2 rings (SSSR count). The van der Waals surface area contributed by atoms with Crippen LogP contribution in [0.3, 0.4) is 0 Å². The molecule has 0 aromatic carbocycles. The lowest BCUT2D eigenvalue weighted by atomic mass is 9.73. The average Bonchev–Trinajstić information content (AvgIpc) is 2.78. The number of urea groups is 1. The van der Waals surface area contributed by atoms with Crippen LogP contribution in [0.1, 0.15) is 27.2 Å². The Kier molecular flexibility index (Phi) is 5.03. The molecule has 0 spiro atoms. The summed E-state index contributed by atoms with van der Waals surface area (Å²) in [5.41, 5.74) is -5.95. The molecular weight excluding hydrogens is 352 g/mol. The summed E-state index contributed by atoms with van der Waals surface area (Å²) in [5.74, 6) is -3.75. The maximum atomic E-state index is 12.2. The number of aliphatic hydroxyl groups excluding tert-OH is 1. The predicted molar refractivity (Wildman–Crippen MR) is 81.5 cm³/mol. The molecule has 5 unspecified atom stereocenters. The second-order valence-corrected chi connectivity index (χ2v) is 6.41. The normalized spacial score (nSPS) is 35.8. The number of Topliss-reactive ketones (excluding diaryl/α,β-unsaturated/α-hetero) is 3. The number of imide groups is 1. The van der Waals surface area contributed by atoms with Gasteiger partial charge in [-0.25, -0.2) is 4.79 Å². The minimum Gasteiger partial charge on any atom is -0.382 e. The van der Waals surface area contributed by atoms with E-state index >= 15 is 0 Å². The number of carbonyl (C=O) groups excluding carboxylic acids is 5. The summed E-state index contributed by atoms with van der Waals surface area (Å²) in [6.45, 7) is 2.39. The fourth-order valence-electron chi connectivity index (χ4n) is 3.27. The van der Waals surface area contributed by atoms with Crippen LogP contribution < -0.4 is 5.32 Å². The van der Waals surface area contributed by atoms with E-state index in [4.69, 9.17) is 4.74 Å². The van der Waals surface area contributed by atoms with Crippen molar-refractivity contribution in [1.82, 2.24) is 10.2 Å². The fourth-order valence-corrected chi connectivity index (χ4v) is 3.27. The third-order valence-electron chi connectivity index (χ3n) is 4.77. The third-order valence-corrected chi connectivity index (χ3v) is 4.77. The van der Waals surface area contributed by atoms with Crippen molar-refractivity contribution in [3.8, 4) is 0 Å². The molecule has 26 heavy (non-hydrogen) atoms. The molecule has 0 aromatic rings. The number of hydrogen-bond donors (Lipinski definition) is 4. The Labute approximate surface area is 147 Å². The van der Waals surface area contributed by atoms with Crippen LogP contribution in [-0.4, -0.2) is 85.7 Å². The smallest absolute Gasteiger partial charge is 0.326 e. The Bertz CT molecular complexity index is 693. The molecule has 2 aliphatic heterocycles. The van der Waals surface area contributed by atoms with E-state index in [9.17, 15) is 39.3 Å². The lowest BCUT2D eigenvalue weighted by Gasteiger charge is -2.41. The Balaban J connectivity index is 2.60.